The van der Waals surface area contributed by atoms with E-state index in [0.29, 0.717) is 24.2 Å². The zero-order valence-electron chi connectivity index (χ0n) is 73.1. The predicted molar refractivity (Wildman–Crippen MR) is 526 cm³/mol. The van der Waals surface area contributed by atoms with E-state index in [1.807, 2.05) is 224 Å². The van der Waals surface area contributed by atoms with Crippen molar-refractivity contribution in [1.82, 2.24) is 14.5 Å². The van der Waals surface area contributed by atoms with Crippen LogP contribution < -0.4 is 28.9 Å². The van der Waals surface area contributed by atoms with E-state index >= 15 is 0 Å². The smallest absolute Gasteiger partial charge is 0.145 e. The molecule has 0 unspecified atom stereocenters. The van der Waals surface area contributed by atoms with E-state index in [0.717, 1.165) is 160 Å². The molecule has 0 bridgehead atoms. The van der Waals surface area contributed by atoms with Crippen molar-refractivity contribution in [3.05, 3.63) is 491 Å². The molecule has 612 valence electrons. The van der Waals surface area contributed by atoms with E-state index in [2.05, 4.69) is 250 Å². The van der Waals surface area contributed by atoms with Gasteiger partial charge in [0.15, 0.2) is 0 Å². The summed E-state index contributed by atoms with van der Waals surface area (Å²) in [6, 6.07) is 161. The zero-order valence-corrected chi connectivity index (χ0v) is 70.1. The maximum Gasteiger partial charge on any atom is 0.145 e. The highest BCUT2D eigenvalue weighted by molar-refractivity contribution is 5.93. The minimum Gasteiger partial charge on any atom is -0.490 e. The van der Waals surface area contributed by atoms with E-state index < -0.39 is 0 Å². The third-order valence-corrected chi connectivity index (χ3v) is 22.7. The molecule has 0 radical (unpaired) electrons. The number of hydrogen-bond acceptors (Lipinski definition) is 8. The Kier molecular flexibility index (Phi) is 23.4. The van der Waals surface area contributed by atoms with Crippen LogP contribution in [0, 0.1) is 0 Å². The third kappa shape index (κ3) is 19.3. The molecule has 1 aliphatic carbocycles. The van der Waals surface area contributed by atoms with Gasteiger partial charge in [-0.1, -0.05) is 291 Å². The summed E-state index contributed by atoms with van der Waals surface area (Å²) in [5.41, 5.74) is 23.7. The van der Waals surface area contributed by atoms with Gasteiger partial charge in [-0.2, -0.15) is 0 Å². The van der Waals surface area contributed by atoms with Gasteiger partial charge in [-0.05, 0) is 270 Å². The summed E-state index contributed by atoms with van der Waals surface area (Å²) in [7, 11) is 0. The van der Waals surface area contributed by atoms with Gasteiger partial charge in [0.1, 0.15) is 34.6 Å². The molecule has 1 fully saturated rings. The van der Waals surface area contributed by atoms with Crippen molar-refractivity contribution < 1.29 is 18.3 Å². The normalized spacial score (nSPS) is 12.1. The number of rotatable bonds is 22. The molecule has 21 rings (SSSR count). The van der Waals surface area contributed by atoms with Crippen molar-refractivity contribution >= 4 is 73.0 Å². The molecule has 0 amide bonds. The Morgan fingerprint density at radius 3 is 1.16 bits per heavy atom. The molecule has 0 N–H and O–H groups in total. The Morgan fingerprint density at radius 2 is 0.622 bits per heavy atom. The van der Waals surface area contributed by atoms with Crippen LogP contribution in [-0.2, 0) is 0 Å². The molecule has 2 heterocycles. The lowest BCUT2D eigenvalue weighted by molar-refractivity contribution is 0.155. The number of pyridine rings is 1. The topological polar surface area (TPSA) is 68.1 Å². The van der Waals surface area contributed by atoms with Crippen molar-refractivity contribution in [3.63, 3.8) is 0 Å². The second kappa shape index (κ2) is 38.8. The average Bonchev–Trinajstić information content (AvgIpc) is 1.79. The van der Waals surface area contributed by atoms with E-state index in [1.165, 1.54) is 46.9 Å². The quantitative estimate of drug-likeness (QED) is 0.0665. The number of fused-ring (bicyclic) bond motifs is 2. The Labute approximate surface area is 747 Å². The lowest BCUT2D eigenvalue weighted by Gasteiger charge is -2.26. The highest BCUT2D eigenvalue weighted by Crippen LogP contribution is 2.43. The molecule has 9 nitrogen and oxygen atoms in total. The first-order valence-electron chi connectivity index (χ1n) is 44.7. The number of nitrogens with zero attached hydrogens (tertiary/aromatic N) is 6. The fourth-order valence-electron chi connectivity index (χ4n) is 16.5. The molecule has 0 saturated heterocycles. The van der Waals surface area contributed by atoms with Gasteiger partial charge in [-0.3, -0.25) is 4.57 Å². The van der Waals surface area contributed by atoms with E-state index in [1.54, 1.807) is 18.2 Å². The van der Waals surface area contributed by atoms with Gasteiger partial charge in [0.05, 0.1) is 38.3 Å². The number of para-hydroxylation sites is 7. The van der Waals surface area contributed by atoms with Crippen LogP contribution >= 0.6 is 0 Å². The summed E-state index contributed by atoms with van der Waals surface area (Å²) in [5, 5.41) is 2.31. The molecular weight excluding hydrogens is 1550 g/mol. The second-order valence-corrected chi connectivity index (χ2v) is 31.2. The van der Waals surface area contributed by atoms with E-state index in [9.17, 15) is 0 Å². The monoisotopic (exact) mass is 1650 g/mol. The lowest BCUT2D eigenvalue weighted by Crippen LogP contribution is -2.19. The first kappa shape index (κ1) is 76.7. The predicted octanol–water partition coefficient (Wildman–Crippen LogP) is 32.7. The number of imidazole rings is 1. The molecule has 127 heavy (non-hydrogen) atoms. The third-order valence-electron chi connectivity index (χ3n) is 22.7. The Bertz CT molecular complexity index is 7200. The summed E-state index contributed by atoms with van der Waals surface area (Å²) in [5.74, 6) is 4.72. The van der Waals surface area contributed by atoms with Crippen molar-refractivity contribution in [3.8, 4) is 102 Å². The molecular formula is C118H92N6O3. The molecule has 2 aromatic heterocycles. The van der Waals surface area contributed by atoms with Crippen LogP contribution in [0.2, 0.25) is 0 Å². The van der Waals surface area contributed by atoms with Gasteiger partial charge in [0, 0.05) is 73.9 Å². The summed E-state index contributed by atoms with van der Waals surface area (Å²) in [6.45, 7) is 0. The number of hydrogen-bond donors (Lipinski definition) is 0. The molecule has 9 heteroatoms. The molecule has 1 aliphatic rings. The summed E-state index contributed by atoms with van der Waals surface area (Å²) in [4.78, 5) is 16.6. The van der Waals surface area contributed by atoms with Gasteiger partial charge >= 0.3 is 0 Å². The van der Waals surface area contributed by atoms with Gasteiger partial charge in [-0.15, -0.1) is 0 Å². The molecule has 0 atom stereocenters. The molecule has 18 aromatic carbocycles. The minimum absolute atomic E-state index is 0.356. The second-order valence-electron chi connectivity index (χ2n) is 31.2. The van der Waals surface area contributed by atoms with Crippen molar-refractivity contribution in [2.75, 3.05) is 14.7 Å². The maximum atomic E-state index is 8.37. The number of aromatic nitrogens is 3. The Morgan fingerprint density at radius 1 is 0.244 bits per heavy atom. The van der Waals surface area contributed by atoms with Crippen LogP contribution in [0.4, 0.5) is 51.2 Å². The molecule has 20 aromatic rings. The van der Waals surface area contributed by atoms with Crippen LogP contribution in [0.15, 0.2) is 491 Å². The minimum atomic E-state index is 0.356. The van der Waals surface area contributed by atoms with Gasteiger partial charge in [-0.25, -0.2) is 9.97 Å². The Hall–Kier alpha value is -16.4. The first-order chi connectivity index (χ1) is 64.1. The SMILES string of the molecule is [3H]c1cccc(N(c2ccc(Oc3cccc(-n4c(-c5ccccc5)nc5ccccc54)c3)cc2)c2ccc3cc(-c4ccccc4)ccc3c2)c1.[3H]c1cccc(N(c2ccccc2)c2ccc(OC3CCCCC3)cc2)c1.[3H]c1cccc(N(c2ccccc2)c2ccc(Oc3cccc(-c4cc(-c5ccc(-c6ccccc6)cc5)cc(-c5ccccc5)n4)c3)cc2)c1. The summed E-state index contributed by atoms with van der Waals surface area (Å²) >= 11 is 0. The summed E-state index contributed by atoms with van der Waals surface area (Å²) in [6.07, 6.45) is 6.55. The maximum absolute atomic E-state index is 8.37. The number of ether oxygens (including phenoxy) is 3. The fraction of sp³-hybridized carbons (Fsp3) is 0.0508. The Balaban J connectivity index is 0.000000133. The van der Waals surface area contributed by atoms with Crippen LogP contribution in [-0.4, -0.2) is 20.6 Å². The highest BCUT2D eigenvalue weighted by Gasteiger charge is 2.21. The van der Waals surface area contributed by atoms with Crippen molar-refractivity contribution in [1.29, 1.82) is 0 Å². The highest BCUT2D eigenvalue weighted by atomic mass is 16.5. The van der Waals surface area contributed by atoms with Crippen LogP contribution in [0.1, 0.15) is 36.2 Å². The molecule has 1 saturated carbocycles. The lowest BCUT2D eigenvalue weighted by atomic mass is 9.97. The van der Waals surface area contributed by atoms with Crippen molar-refractivity contribution in [2.45, 2.75) is 38.2 Å². The van der Waals surface area contributed by atoms with Gasteiger partial charge < -0.3 is 28.9 Å². The van der Waals surface area contributed by atoms with E-state index in [-0.39, 0.29) is 0 Å². The van der Waals surface area contributed by atoms with Gasteiger partial charge in [0.2, 0.25) is 0 Å². The van der Waals surface area contributed by atoms with Crippen LogP contribution in [0.3, 0.4) is 0 Å². The fourth-order valence-corrected chi connectivity index (χ4v) is 16.5. The summed E-state index contributed by atoms with van der Waals surface area (Å²) < 4.78 is 45.8. The van der Waals surface area contributed by atoms with Crippen LogP contribution in [0.25, 0.3) is 94.8 Å². The van der Waals surface area contributed by atoms with Crippen LogP contribution in [0.5, 0.6) is 28.7 Å². The number of anilines is 9. The average molecular weight is 1650 g/mol. The molecule has 0 spiro atoms. The molecule has 0 aliphatic heterocycles. The number of benzene rings is 18. The first-order valence-corrected chi connectivity index (χ1v) is 43.2. The zero-order chi connectivity index (χ0) is 87.7. The standard InChI is InChI=1S/C47H33N3O.C47H34N2O.C24H25NO/c1-4-13-34(14-5-1)36-23-24-38-32-42(26-25-37(38)31-36)49(39-17-8-3-9-18-39)40-27-29-43(30-28-40)51-44-20-12-19-41(33-44)50-46-22-11-10-21-45(46)48-47(50)35-15-6-2-7-16-35;1-5-14-35(15-6-1)36-24-26-37(27-25-36)40-33-46(38-16-7-2-8-17-38)48-47(34-40)39-18-13-23-45(32-39)50-44-30-28-43(29-31-44)49(41-19-9-3-10-20-41)42-21-11-4-12-22-42;1-4-10-20(11-5-1)25(21-12-6-2-7-13-21)22-16-18-24(19-17-22)26-23-14-8-3-9-15-23/h1-33H;1-34H;1-2,4-7,10-13,16-19,23H,3,8-9,14-15H2/i8T;9T;4T. The van der Waals surface area contributed by atoms with E-state index in [4.69, 9.17) is 28.3 Å². The van der Waals surface area contributed by atoms with Crippen molar-refractivity contribution in [2.24, 2.45) is 0 Å². The largest absolute Gasteiger partial charge is 0.490 e. The van der Waals surface area contributed by atoms with Gasteiger partial charge in [0.25, 0.3) is 0 Å².